The zero-order valence-electron chi connectivity index (χ0n) is 21.6. The summed E-state index contributed by atoms with van der Waals surface area (Å²) in [6, 6.07) is 1.84. The van der Waals surface area contributed by atoms with E-state index in [9.17, 15) is 9.59 Å². The second-order valence-corrected chi connectivity index (χ2v) is 10.6. The molecule has 0 radical (unpaired) electrons. The molecule has 1 fully saturated rings. The van der Waals surface area contributed by atoms with Crippen molar-refractivity contribution in [3.63, 3.8) is 0 Å². The molecule has 37 heavy (non-hydrogen) atoms. The van der Waals surface area contributed by atoms with Crippen LogP contribution in [0, 0.1) is 0 Å². The maximum Gasteiger partial charge on any atom is 0.411 e. The van der Waals surface area contributed by atoms with Crippen molar-refractivity contribution in [2.24, 2.45) is 0 Å². The Balaban J connectivity index is 1.82. The van der Waals surface area contributed by atoms with Crippen LogP contribution in [-0.4, -0.2) is 42.6 Å². The maximum atomic E-state index is 12.6. The summed E-state index contributed by atoms with van der Waals surface area (Å²) in [6.07, 6.45) is 9.96. The monoisotopic (exact) mass is 563 g/mol. The number of anilines is 1. The van der Waals surface area contributed by atoms with Crippen molar-refractivity contribution in [2.75, 3.05) is 25.0 Å². The van der Waals surface area contributed by atoms with Crippen molar-refractivity contribution in [3.8, 4) is 0 Å². The molecule has 2 N–H and O–H groups in total. The fraction of sp³-hybridized carbons (Fsp3) is 0.357. The van der Waals surface area contributed by atoms with Crippen LogP contribution >= 0.6 is 34.5 Å². The van der Waals surface area contributed by atoms with Gasteiger partial charge >= 0.3 is 6.09 Å². The number of amides is 2. The Morgan fingerprint density at radius 1 is 1.24 bits per heavy atom. The zero-order chi connectivity index (χ0) is 27.4. The predicted molar refractivity (Wildman–Crippen MR) is 157 cm³/mol. The molecule has 6 nitrogen and oxygen atoms in total. The minimum Gasteiger partial charge on any atom is -0.446 e. The third-order valence-corrected chi connectivity index (χ3v) is 6.82. The number of carbonyl (C=O) groups excluding carboxylic acids is 2. The Morgan fingerprint density at radius 3 is 2.54 bits per heavy atom. The van der Waals surface area contributed by atoms with Crippen molar-refractivity contribution in [1.29, 1.82) is 0 Å². The van der Waals surface area contributed by atoms with Gasteiger partial charge in [-0.15, -0.1) is 11.3 Å². The third kappa shape index (κ3) is 10.7. The fourth-order valence-electron chi connectivity index (χ4n) is 3.72. The van der Waals surface area contributed by atoms with Crippen LogP contribution in [0.15, 0.2) is 76.3 Å². The lowest BCUT2D eigenvalue weighted by Crippen LogP contribution is -2.40. The lowest BCUT2D eigenvalue weighted by Gasteiger charge is -2.31. The molecule has 1 aliphatic rings. The first kappa shape index (κ1) is 30.6. The van der Waals surface area contributed by atoms with E-state index in [0.29, 0.717) is 47.3 Å². The van der Waals surface area contributed by atoms with Gasteiger partial charge in [0, 0.05) is 31.1 Å². The standard InChI is InChI=1S/C28H35Cl2N3O3S/c1-6-8-21(18-20(5)29)27-25(12-16-37-27)32-28(35)36-22-9-13-33(14-10-22)15-11-26(34)31-24(7-2)23(30)17-19(3)4/h6-8,12,16-18,22H,2,5,9-11,13-15H2,1,3-4H3,(H,31,34)(H,32,35)/b8-6-,21-18+,24-23-. The first-order valence-corrected chi connectivity index (χ1v) is 13.7. The molecule has 0 aliphatic carbocycles. The van der Waals surface area contributed by atoms with E-state index >= 15 is 0 Å². The molecule has 0 spiro atoms. The topological polar surface area (TPSA) is 70.7 Å². The van der Waals surface area contributed by atoms with Crippen LogP contribution in [0.25, 0.3) is 5.57 Å². The molecule has 0 atom stereocenters. The molecule has 1 aromatic heterocycles. The number of thiophene rings is 1. The number of likely N-dealkylation sites (tertiary alicyclic amines) is 1. The van der Waals surface area contributed by atoms with E-state index < -0.39 is 6.09 Å². The highest BCUT2D eigenvalue weighted by molar-refractivity contribution is 7.11. The van der Waals surface area contributed by atoms with Crippen LogP contribution in [0.5, 0.6) is 0 Å². The number of halogens is 2. The number of allylic oxidation sites excluding steroid dienone is 9. The van der Waals surface area contributed by atoms with Crippen LogP contribution in [0.1, 0.15) is 44.9 Å². The van der Waals surface area contributed by atoms with Crippen molar-refractivity contribution in [1.82, 2.24) is 10.2 Å². The smallest absolute Gasteiger partial charge is 0.411 e. The quantitative estimate of drug-likeness (QED) is 0.272. The van der Waals surface area contributed by atoms with E-state index in [1.54, 1.807) is 18.2 Å². The third-order valence-electron chi connectivity index (χ3n) is 5.44. The van der Waals surface area contributed by atoms with Crippen LogP contribution in [0.2, 0.25) is 0 Å². The maximum absolute atomic E-state index is 12.6. The molecule has 0 aromatic carbocycles. The van der Waals surface area contributed by atoms with Crippen molar-refractivity contribution < 1.29 is 14.3 Å². The molecule has 1 aromatic rings. The Kier molecular flexibility index (Phi) is 12.9. The van der Waals surface area contributed by atoms with Gasteiger partial charge in [-0.1, -0.05) is 54.1 Å². The molecule has 0 unspecified atom stereocenters. The number of ether oxygens (including phenoxy) is 1. The van der Waals surface area contributed by atoms with Gasteiger partial charge in [0.15, 0.2) is 0 Å². The summed E-state index contributed by atoms with van der Waals surface area (Å²) in [6.45, 7) is 15.3. The van der Waals surface area contributed by atoms with Gasteiger partial charge in [-0.25, -0.2) is 4.79 Å². The highest BCUT2D eigenvalue weighted by Crippen LogP contribution is 2.32. The molecule has 9 heteroatoms. The number of carbonyl (C=O) groups is 2. The van der Waals surface area contributed by atoms with Gasteiger partial charge in [0.05, 0.1) is 21.3 Å². The van der Waals surface area contributed by atoms with E-state index in [-0.39, 0.29) is 12.0 Å². The van der Waals surface area contributed by atoms with Crippen molar-refractivity contribution in [3.05, 3.63) is 81.2 Å². The number of hydrogen-bond donors (Lipinski definition) is 2. The molecule has 2 heterocycles. The Morgan fingerprint density at radius 2 is 1.95 bits per heavy atom. The second kappa shape index (κ2) is 15.6. The lowest BCUT2D eigenvalue weighted by atomic mass is 10.1. The summed E-state index contributed by atoms with van der Waals surface area (Å²) < 4.78 is 5.67. The highest BCUT2D eigenvalue weighted by atomic mass is 35.5. The highest BCUT2D eigenvalue weighted by Gasteiger charge is 2.23. The molecule has 0 bridgehead atoms. The van der Waals surface area contributed by atoms with E-state index in [0.717, 1.165) is 29.1 Å². The van der Waals surface area contributed by atoms with Crippen LogP contribution < -0.4 is 10.6 Å². The van der Waals surface area contributed by atoms with E-state index in [2.05, 4.69) is 28.7 Å². The van der Waals surface area contributed by atoms with E-state index in [4.69, 9.17) is 27.9 Å². The minimum absolute atomic E-state index is 0.122. The van der Waals surface area contributed by atoms with Gasteiger partial charge in [-0.2, -0.15) is 0 Å². The average molecular weight is 565 g/mol. The Labute approximate surface area is 234 Å². The lowest BCUT2D eigenvalue weighted by molar-refractivity contribution is -0.120. The van der Waals surface area contributed by atoms with Gasteiger partial charge < -0.3 is 15.0 Å². The molecule has 1 saturated heterocycles. The van der Waals surface area contributed by atoms with Gasteiger partial charge in [0.2, 0.25) is 5.91 Å². The molecule has 2 rings (SSSR count). The van der Waals surface area contributed by atoms with Gasteiger partial charge in [-0.05, 0) is 68.9 Å². The molecule has 1 aliphatic heterocycles. The molecule has 0 saturated carbocycles. The average Bonchev–Trinajstić information content (AvgIpc) is 3.28. The van der Waals surface area contributed by atoms with Crippen LogP contribution in [0.3, 0.4) is 0 Å². The predicted octanol–water partition coefficient (Wildman–Crippen LogP) is 7.58. The first-order valence-electron chi connectivity index (χ1n) is 12.1. The summed E-state index contributed by atoms with van der Waals surface area (Å²) in [5.74, 6) is -0.122. The zero-order valence-corrected chi connectivity index (χ0v) is 23.9. The fourth-order valence-corrected chi connectivity index (χ4v) is 5.03. The number of piperidine rings is 1. The van der Waals surface area contributed by atoms with Gasteiger partial charge in [0.25, 0.3) is 0 Å². The van der Waals surface area contributed by atoms with Crippen molar-refractivity contribution >= 4 is 57.8 Å². The summed E-state index contributed by atoms with van der Waals surface area (Å²) in [5.41, 5.74) is 3.06. The molecular weight excluding hydrogens is 529 g/mol. The summed E-state index contributed by atoms with van der Waals surface area (Å²) in [7, 11) is 0. The van der Waals surface area contributed by atoms with Gasteiger partial charge in [-0.3, -0.25) is 10.1 Å². The van der Waals surface area contributed by atoms with Crippen molar-refractivity contribution in [2.45, 2.75) is 46.1 Å². The van der Waals surface area contributed by atoms with Gasteiger partial charge in [0.1, 0.15) is 6.10 Å². The molecular formula is C28H35Cl2N3O3S. The van der Waals surface area contributed by atoms with Crippen LogP contribution in [0.4, 0.5) is 10.5 Å². The molecule has 200 valence electrons. The Hall–Kier alpha value is -2.58. The van der Waals surface area contributed by atoms with E-state index in [1.165, 1.54) is 11.3 Å². The molecule has 2 amide bonds. The number of nitrogens with one attached hydrogen (secondary N) is 2. The Bertz CT molecular complexity index is 1110. The van der Waals surface area contributed by atoms with Crippen LogP contribution in [-0.2, 0) is 9.53 Å². The first-order chi connectivity index (χ1) is 17.6. The largest absolute Gasteiger partial charge is 0.446 e. The number of rotatable bonds is 11. The number of nitrogens with zero attached hydrogens (tertiary/aromatic N) is 1. The summed E-state index contributed by atoms with van der Waals surface area (Å²) >= 11 is 13.7. The minimum atomic E-state index is -0.487. The number of hydrogen-bond acceptors (Lipinski definition) is 5. The summed E-state index contributed by atoms with van der Waals surface area (Å²) in [5, 5.41) is 8.43. The normalized spacial score (nSPS) is 15.6. The van der Waals surface area contributed by atoms with E-state index in [1.807, 2.05) is 44.4 Å². The second-order valence-electron chi connectivity index (χ2n) is 8.77. The summed E-state index contributed by atoms with van der Waals surface area (Å²) in [4.78, 5) is 28.0. The SMILES string of the molecule is C=C/C(NC(=O)CCN1CCC(OC(=O)Nc2ccsc2C(/C=C\C)=C/C(=C)Cl)CC1)=C(/Cl)C=C(C)C.